The van der Waals surface area contributed by atoms with E-state index in [1.807, 2.05) is 0 Å². The van der Waals surface area contributed by atoms with Gasteiger partial charge in [-0.25, -0.2) is 0 Å². The van der Waals surface area contributed by atoms with Crippen LogP contribution in [0.25, 0.3) is 0 Å². The minimum Gasteiger partial charge on any atom is -0.385 e. The van der Waals surface area contributed by atoms with Gasteiger partial charge in [0.15, 0.2) is 5.78 Å². The first-order chi connectivity index (χ1) is 8.36. The minimum atomic E-state index is -4.44. The van der Waals surface area contributed by atoms with Crippen molar-refractivity contribution in [1.29, 1.82) is 0 Å². The number of carbonyl (C=O) groups excluding carboxylic acids is 1. The SMILES string of the molecule is COCCCC(=O)c1cc(C(F)(F)F)ccc1Br. The molecule has 0 atom stereocenters. The maximum atomic E-state index is 12.5. The van der Waals surface area contributed by atoms with E-state index in [1.165, 1.54) is 13.2 Å². The summed E-state index contributed by atoms with van der Waals surface area (Å²) < 4.78 is 42.7. The Kier molecular flexibility index (Phi) is 5.34. The number of halogens is 4. The Hall–Kier alpha value is -0.880. The number of carbonyl (C=O) groups is 1. The zero-order chi connectivity index (χ0) is 13.8. The molecule has 1 aromatic carbocycles. The van der Waals surface area contributed by atoms with Crippen LogP contribution in [-0.2, 0) is 10.9 Å². The van der Waals surface area contributed by atoms with E-state index in [2.05, 4.69) is 15.9 Å². The van der Waals surface area contributed by atoms with Crippen molar-refractivity contribution in [3.05, 3.63) is 33.8 Å². The fraction of sp³-hybridized carbons (Fsp3) is 0.417. The molecule has 0 radical (unpaired) electrons. The number of Topliss-reactive ketones (excluding diaryl/α,β-unsaturated/α-hetero) is 1. The van der Waals surface area contributed by atoms with Crippen molar-refractivity contribution in [2.75, 3.05) is 13.7 Å². The van der Waals surface area contributed by atoms with Crippen LogP contribution in [0.2, 0.25) is 0 Å². The van der Waals surface area contributed by atoms with E-state index in [0.29, 0.717) is 17.5 Å². The molecule has 0 heterocycles. The van der Waals surface area contributed by atoms with Gasteiger partial charge in [-0.3, -0.25) is 4.79 Å². The van der Waals surface area contributed by atoms with Crippen molar-refractivity contribution in [3.63, 3.8) is 0 Å². The first kappa shape index (κ1) is 15.2. The molecule has 0 fully saturated rings. The third kappa shape index (κ3) is 4.10. The Morgan fingerprint density at radius 3 is 2.61 bits per heavy atom. The fourth-order valence-corrected chi connectivity index (χ4v) is 1.89. The van der Waals surface area contributed by atoms with Gasteiger partial charge in [-0.1, -0.05) is 15.9 Å². The Bertz CT molecular complexity index is 430. The quantitative estimate of drug-likeness (QED) is 0.602. The molecule has 100 valence electrons. The van der Waals surface area contributed by atoms with Crippen LogP contribution in [0.5, 0.6) is 0 Å². The number of hydrogen-bond acceptors (Lipinski definition) is 2. The molecule has 0 unspecified atom stereocenters. The summed E-state index contributed by atoms with van der Waals surface area (Å²) in [6.07, 6.45) is -3.80. The summed E-state index contributed by atoms with van der Waals surface area (Å²) >= 11 is 3.09. The molecule has 0 aliphatic rings. The molecule has 0 amide bonds. The van der Waals surface area contributed by atoms with Gasteiger partial charge in [0.25, 0.3) is 0 Å². The molecular formula is C12H12BrF3O2. The van der Waals surface area contributed by atoms with E-state index in [1.54, 1.807) is 0 Å². The van der Waals surface area contributed by atoms with E-state index in [-0.39, 0.29) is 17.8 Å². The molecule has 6 heteroatoms. The number of ether oxygens (including phenoxy) is 1. The maximum Gasteiger partial charge on any atom is 0.416 e. The van der Waals surface area contributed by atoms with Crippen LogP contribution in [0.1, 0.15) is 28.8 Å². The number of methoxy groups -OCH3 is 1. The average molecular weight is 325 g/mol. The number of benzene rings is 1. The van der Waals surface area contributed by atoms with E-state index < -0.39 is 11.7 Å². The van der Waals surface area contributed by atoms with Crippen LogP contribution >= 0.6 is 15.9 Å². The Morgan fingerprint density at radius 1 is 1.39 bits per heavy atom. The van der Waals surface area contributed by atoms with Crippen molar-refractivity contribution in [2.45, 2.75) is 19.0 Å². The summed E-state index contributed by atoms with van der Waals surface area (Å²) in [6.45, 7) is 0.405. The Labute approximate surface area is 111 Å². The van der Waals surface area contributed by atoms with Gasteiger partial charge in [-0.15, -0.1) is 0 Å². The van der Waals surface area contributed by atoms with Crippen molar-refractivity contribution >= 4 is 21.7 Å². The summed E-state index contributed by atoms with van der Waals surface area (Å²) in [5.41, 5.74) is -0.762. The van der Waals surface area contributed by atoms with Crippen molar-refractivity contribution < 1.29 is 22.7 Å². The molecule has 0 N–H and O–H groups in total. The molecule has 0 spiro atoms. The lowest BCUT2D eigenvalue weighted by molar-refractivity contribution is -0.137. The second-order valence-electron chi connectivity index (χ2n) is 3.71. The van der Waals surface area contributed by atoms with Crippen molar-refractivity contribution in [3.8, 4) is 0 Å². The van der Waals surface area contributed by atoms with E-state index in [0.717, 1.165) is 12.1 Å². The van der Waals surface area contributed by atoms with Gasteiger partial charge in [0.2, 0.25) is 0 Å². The van der Waals surface area contributed by atoms with Gasteiger partial charge in [-0.2, -0.15) is 13.2 Å². The molecule has 0 aliphatic carbocycles. The smallest absolute Gasteiger partial charge is 0.385 e. The third-order valence-corrected chi connectivity index (χ3v) is 3.04. The largest absolute Gasteiger partial charge is 0.416 e. The molecule has 0 aromatic heterocycles. The minimum absolute atomic E-state index is 0.0564. The van der Waals surface area contributed by atoms with Crippen molar-refractivity contribution in [1.82, 2.24) is 0 Å². The van der Waals surface area contributed by atoms with E-state index in [4.69, 9.17) is 4.74 Å². The highest BCUT2D eigenvalue weighted by Crippen LogP contribution is 2.32. The van der Waals surface area contributed by atoms with Crippen LogP contribution in [-0.4, -0.2) is 19.5 Å². The summed E-state index contributed by atoms with van der Waals surface area (Å²) in [4.78, 5) is 11.8. The first-order valence-electron chi connectivity index (χ1n) is 5.25. The molecule has 0 saturated heterocycles. The molecule has 1 aromatic rings. The Balaban J connectivity index is 2.90. The predicted octanol–water partition coefficient (Wildman–Crippen LogP) is 4.08. The molecule has 18 heavy (non-hydrogen) atoms. The molecule has 0 bridgehead atoms. The van der Waals surface area contributed by atoms with Crippen LogP contribution in [0.3, 0.4) is 0 Å². The van der Waals surface area contributed by atoms with Gasteiger partial charge in [0, 0.05) is 30.2 Å². The van der Waals surface area contributed by atoms with Crippen LogP contribution in [0.15, 0.2) is 22.7 Å². The second-order valence-corrected chi connectivity index (χ2v) is 4.57. The fourth-order valence-electron chi connectivity index (χ4n) is 1.43. The lowest BCUT2D eigenvalue weighted by Crippen LogP contribution is -2.08. The highest BCUT2D eigenvalue weighted by molar-refractivity contribution is 9.10. The summed E-state index contributed by atoms with van der Waals surface area (Å²) in [7, 11) is 1.50. The summed E-state index contributed by atoms with van der Waals surface area (Å²) in [5, 5.41) is 0. The predicted molar refractivity (Wildman–Crippen MR) is 64.6 cm³/mol. The first-order valence-corrected chi connectivity index (χ1v) is 6.04. The number of alkyl halides is 3. The maximum absolute atomic E-state index is 12.5. The molecular weight excluding hydrogens is 313 g/mol. The summed E-state index contributed by atoms with van der Waals surface area (Å²) in [6, 6.07) is 3.06. The highest BCUT2D eigenvalue weighted by Gasteiger charge is 2.31. The lowest BCUT2D eigenvalue weighted by atomic mass is 10.0. The molecule has 0 saturated carbocycles. The van der Waals surface area contributed by atoms with Crippen LogP contribution in [0.4, 0.5) is 13.2 Å². The van der Waals surface area contributed by atoms with Crippen LogP contribution in [0, 0.1) is 0 Å². The average Bonchev–Trinajstić information content (AvgIpc) is 2.28. The summed E-state index contributed by atoms with van der Waals surface area (Å²) in [5.74, 6) is -0.329. The van der Waals surface area contributed by atoms with Crippen molar-refractivity contribution in [2.24, 2.45) is 0 Å². The topological polar surface area (TPSA) is 26.3 Å². The lowest BCUT2D eigenvalue weighted by Gasteiger charge is -2.10. The zero-order valence-corrected chi connectivity index (χ0v) is 11.3. The Morgan fingerprint density at radius 2 is 2.06 bits per heavy atom. The molecule has 2 nitrogen and oxygen atoms in total. The molecule has 0 aliphatic heterocycles. The van der Waals surface area contributed by atoms with Gasteiger partial charge in [0.1, 0.15) is 0 Å². The van der Waals surface area contributed by atoms with E-state index in [9.17, 15) is 18.0 Å². The standard InChI is InChI=1S/C12H12BrF3O2/c1-18-6-2-3-11(17)9-7-8(12(14,15)16)4-5-10(9)13/h4-5,7H,2-3,6H2,1H3. The van der Waals surface area contributed by atoms with Gasteiger partial charge >= 0.3 is 6.18 Å². The zero-order valence-electron chi connectivity index (χ0n) is 9.68. The third-order valence-electron chi connectivity index (χ3n) is 2.35. The van der Waals surface area contributed by atoms with Crippen LogP contribution < -0.4 is 0 Å². The molecule has 1 rings (SSSR count). The highest BCUT2D eigenvalue weighted by atomic mass is 79.9. The van der Waals surface area contributed by atoms with Gasteiger partial charge in [-0.05, 0) is 24.6 Å². The number of ketones is 1. The number of hydrogen-bond donors (Lipinski definition) is 0. The van der Waals surface area contributed by atoms with Gasteiger partial charge < -0.3 is 4.74 Å². The normalized spacial score (nSPS) is 11.6. The monoisotopic (exact) mass is 324 g/mol. The van der Waals surface area contributed by atoms with E-state index >= 15 is 0 Å². The second kappa shape index (κ2) is 6.33. The van der Waals surface area contributed by atoms with Gasteiger partial charge in [0.05, 0.1) is 5.56 Å². The number of rotatable bonds is 5.